The molecule has 0 aliphatic carbocycles. The summed E-state index contributed by atoms with van der Waals surface area (Å²) in [6.45, 7) is 1.13. The molecule has 1 heterocycles. The standard InChI is InChI=1S/C16H14Cl2N2O7P/c1-3-9-4-12(20(22)23)14(28(24)26-8-15(21)25-2)6-13(9)27-16-11(18)5-10(17)7-19-16/h4-7H,3,8H2,1-2H3/q+1. The number of carbonyl (C=O) groups excluding carboxylic acids is 1. The molecule has 1 aromatic carbocycles. The van der Waals surface area contributed by atoms with Crippen LogP contribution in [0.15, 0.2) is 24.4 Å². The quantitative estimate of drug-likeness (QED) is 0.255. The third-order valence-electron chi connectivity index (χ3n) is 3.44. The molecule has 9 nitrogen and oxygen atoms in total. The average Bonchev–Trinajstić information content (AvgIpc) is 2.67. The first-order chi connectivity index (χ1) is 13.3. The van der Waals surface area contributed by atoms with E-state index in [2.05, 4.69) is 9.72 Å². The number of rotatable bonds is 8. The van der Waals surface area contributed by atoms with E-state index in [-0.39, 0.29) is 22.0 Å². The maximum Gasteiger partial charge on any atom is 0.556 e. The first-order valence-corrected chi connectivity index (χ1v) is 9.67. The van der Waals surface area contributed by atoms with E-state index in [0.29, 0.717) is 17.0 Å². The summed E-state index contributed by atoms with van der Waals surface area (Å²) in [5, 5.41) is 11.6. The fourth-order valence-electron chi connectivity index (χ4n) is 2.09. The summed E-state index contributed by atoms with van der Waals surface area (Å²) in [4.78, 5) is 25.8. The highest BCUT2D eigenvalue weighted by Crippen LogP contribution is 2.36. The summed E-state index contributed by atoms with van der Waals surface area (Å²) < 4.78 is 27.4. The van der Waals surface area contributed by atoms with E-state index in [1.54, 1.807) is 6.92 Å². The van der Waals surface area contributed by atoms with Crippen LogP contribution in [0.25, 0.3) is 0 Å². The summed E-state index contributed by atoms with van der Waals surface area (Å²) in [5.74, 6) is -0.596. The molecular weight excluding hydrogens is 434 g/mol. The number of halogens is 2. The van der Waals surface area contributed by atoms with Crippen molar-refractivity contribution in [2.75, 3.05) is 13.7 Å². The Labute approximate surface area is 170 Å². The van der Waals surface area contributed by atoms with Crippen LogP contribution in [0, 0.1) is 10.1 Å². The number of pyridine rings is 1. The molecule has 0 saturated carbocycles. The molecule has 0 fully saturated rings. The summed E-state index contributed by atoms with van der Waals surface area (Å²) >= 11 is 11.8. The van der Waals surface area contributed by atoms with E-state index in [4.69, 9.17) is 32.5 Å². The molecule has 12 heteroatoms. The number of methoxy groups -OCH3 is 1. The number of ether oxygens (including phenoxy) is 2. The van der Waals surface area contributed by atoms with Gasteiger partial charge in [-0.05, 0) is 17.1 Å². The number of esters is 1. The van der Waals surface area contributed by atoms with Gasteiger partial charge in [0.2, 0.25) is 5.88 Å². The van der Waals surface area contributed by atoms with Crippen LogP contribution in [0.4, 0.5) is 5.69 Å². The van der Waals surface area contributed by atoms with Gasteiger partial charge >= 0.3 is 25.0 Å². The van der Waals surface area contributed by atoms with Crippen LogP contribution < -0.4 is 10.0 Å². The number of hydrogen-bond acceptors (Lipinski definition) is 8. The van der Waals surface area contributed by atoms with Gasteiger partial charge < -0.3 is 9.47 Å². The summed E-state index contributed by atoms with van der Waals surface area (Å²) in [7, 11) is -1.60. The van der Waals surface area contributed by atoms with Crippen molar-refractivity contribution < 1.29 is 28.3 Å². The molecule has 2 rings (SSSR count). The van der Waals surface area contributed by atoms with Gasteiger partial charge in [-0.3, -0.25) is 10.1 Å². The maximum absolute atomic E-state index is 12.4. The van der Waals surface area contributed by atoms with Crippen molar-refractivity contribution in [3.63, 3.8) is 0 Å². The Balaban J connectivity index is 2.46. The van der Waals surface area contributed by atoms with Crippen molar-refractivity contribution in [2.24, 2.45) is 0 Å². The Morgan fingerprint density at radius 2 is 2.04 bits per heavy atom. The van der Waals surface area contributed by atoms with Gasteiger partial charge in [0.1, 0.15) is 10.8 Å². The molecule has 2 aromatic rings. The fourth-order valence-corrected chi connectivity index (χ4v) is 3.42. The highest BCUT2D eigenvalue weighted by Gasteiger charge is 2.36. The number of benzene rings is 1. The Kier molecular flexibility index (Phi) is 7.65. The van der Waals surface area contributed by atoms with E-state index in [0.717, 1.165) is 7.11 Å². The number of carbonyl (C=O) groups is 1. The zero-order valence-corrected chi connectivity index (χ0v) is 17.1. The van der Waals surface area contributed by atoms with Crippen molar-refractivity contribution in [1.29, 1.82) is 0 Å². The molecule has 0 aliphatic heterocycles. The zero-order chi connectivity index (χ0) is 20.8. The Morgan fingerprint density at radius 3 is 2.61 bits per heavy atom. The summed E-state index contributed by atoms with van der Waals surface area (Å²) in [5.41, 5.74) is 0.0324. The molecule has 1 atom stereocenters. The first-order valence-electron chi connectivity index (χ1n) is 7.74. The molecule has 28 heavy (non-hydrogen) atoms. The highest BCUT2D eigenvalue weighted by molar-refractivity contribution is 7.48. The minimum atomic E-state index is -2.74. The Hall–Kier alpha value is -2.32. The molecular formula is C16H14Cl2N2O7P+. The number of nitrogens with zero attached hydrogens (tertiary/aromatic N) is 2. The largest absolute Gasteiger partial charge is 0.556 e. The number of nitro benzene ring substituents is 1. The van der Waals surface area contributed by atoms with Crippen molar-refractivity contribution >= 4 is 48.2 Å². The molecule has 0 N–H and O–H groups in total. The van der Waals surface area contributed by atoms with Crippen LogP contribution in [-0.4, -0.2) is 29.6 Å². The van der Waals surface area contributed by atoms with E-state index in [1.807, 2.05) is 0 Å². The van der Waals surface area contributed by atoms with Crippen LogP contribution in [0.2, 0.25) is 10.0 Å². The third-order valence-corrected chi connectivity index (χ3v) is 5.03. The number of aryl methyl sites for hydroxylation is 1. The van der Waals surface area contributed by atoms with Crippen LogP contribution in [0.5, 0.6) is 11.6 Å². The lowest BCUT2D eigenvalue weighted by Gasteiger charge is -2.10. The normalized spacial score (nSPS) is 11.1. The van der Waals surface area contributed by atoms with E-state index in [9.17, 15) is 19.5 Å². The van der Waals surface area contributed by atoms with Crippen molar-refractivity contribution in [2.45, 2.75) is 13.3 Å². The topological polar surface area (TPSA) is 118 Å². The van der Waals surface area contributed by atoms with Crippen LogP contribution >= 0.6 is 31.2 Å². The van der Waals surface area contributed by atoms with Crippen molar-refractivity contribution in [3.8, 4) is 11.6 Å². The molecule has 0 radical (unpaired) electrons. The maximum atomic E-state index is 12.4. The van der Waals surface area contributed by atoms with Gasteiger partial charge in [-0.25, -0.2) is 9.78 Å². The molecule has 148 valence electrons. The lowest BCUT2D eigenvalue weighted by molar-refractivity contribution is -0.383. The van der Waals surface area contributed by atoms with E-state index < -0.39 is 31.2 Å². The van der Waals surface area contributed by atoms with E-state index in [1.165, 1.54) is 24.4 Å². The molecule has 0 bridgehead atoms. The molecule has 0 aliphatic rings. The van der Waals surface area contributed by atoms with Gasteiger partial charge in [0.15, 0.2) is 6.61 Å². The van der Waals surface area contributed by atoms with Gasteiger partial charge in [-0.15, -0.1) is 4.52 Å². The highest BCUT2D eigenvalue weighted by atomic mass is 35.5. The molecule has 1 unspecified atom stereocenters. The van der Waals surface area contributed by atoms with Crippen molar-refractivity contribution in [1.82, 2.24) is 4.98 Å². The number of aromatic nitrogens is 1. The average molecular weight is 448 g/mol. The summed E-state index contributed by atoms with van der Waals surface area (Å²) in [6.07, 6.45) is 1.70. The minimum absolute atomic E-state index is 0.0197. The first kappa shape index (κ1) is 22.0. The van der Waals surface area contributed by atoms with Crippen LogP contribution in [-0.2, 0) is 25.0 Å². The molecule has 0 spiro atoms. The minimum Gasteiger partial charge on any atom is -0.467 e. The predicted octanol–water partition coefficient (Wildman–Crippen LogP) is 4.21. The predicted molar refractivity (Wildman–Crippen MR) is 102 cm³/mol. The molecule has 0 saturated heterocycles. The fraction of sp³-hybridized carbons (Fsp3) is 0.250. The number of hydrogen-bond donors (Lipinski definition) is 0. The van der Waals surface area contributed by atoms with Crippen molar-refractivity contribution in [3.05, 3.63) is 50.1 Å². The SMILES string of the molecule is CCc1cc([N+](=O)[O-])c([P+](=O)OCC(=O)OC)cc1Oc1ncc(Cl)cc1Cl. The van der Waals surface area contributed by atoms with Gasteiger partial charge in [-0.1, -0.05) is 30.1 Å². The summed E-state index contributed by atoms with van der Waals surface area (Å²) in [6, 6.07) is 3.85. The van der Waals surface area contributed by atoms with Crippen LogP contribution in [0.1, 0.15) is 12.5 Å². The second kappa shape index (κ2) is 9.75. The molecule has 1 aromatic heterocycles. The second-order valence-corrected chi connectivity index (χ2v) is 7.31. The van der Waals surface area contributed by atoms with Crippen LogP contribution in [0.3, 0.4) is 0 Å². The monoisotopic (exact) mass is 447 g/mol. The zero-order valence-electron chi connectivity index (χ0n) is 14.7. The van der Waals surface area contributed by atoms with Gasteiger partial charge in [0.25, 0.3) is 0 Å². The van der Waals surface area contributed by atoms with Gasteiger partial charge in [0.05, 0.1) is 17.1 Å². The van der Waals surface area contributed by atoms with Gasteiger partial charge in [0, 0.05) is 23.9 Å². The Bertz CT molecular complexity index is 939. The number of nitro groups is 1. The lowest BCUT2D eigenvalue weighted by atomic mass is 10.1. The van der Waals surface area contributed by atoms with E-state index >= 15 is 0 Å². The Morgan fingerprint density at radius 1 is 1.32 bits per heavy atom. The smallest absolute Gasteiger partial charge is 0.467 e. The van der Waals surface area contributed by atoms with Gasteiger partial charge in [-0.2, -0.15) is 0 Å². The third kappa shape index (κ3) is 5.36. The molecule has 0 amide bonds. The second-order valence-electron chi connectivity index (χ2n) is 5.21. The lowest BCUT2D eigenvalue weighted by Crippen LogP contribution is -2.12.